The number of halogens is 1. The van der Waals surface area contributed by atoms with Gasteiger partial charge in [-0.3, -0.25) is 14.5 Å². The lowest BCUT2D eigenvalue weighted by Gasteiger charge is -2.32. The number of hydrogen-bond donors (Lipinski definition) is 0. The van der Waals surface area contributed by atoms with Gasteiger partial charge in [-0.1, -0.05) is 35.9 Å². The van der Waals surface area contributed by atoms with Crippen LogP contribution in [0.3, 0.4) is 0 Å². The van der Waals surface area contributed by atoms with E-state index in [1.807, 2.05) is 60.4 Å². The normalized spacial score (nSPS) is 20.9. The number of amides is 3. The predicted octanol–water partition coefficient (Wildman–Crippen LogP) is 5.44. The second-order valence-electron chi connectivity index (χ2n) is 12.2. The summed E-state index contributed by atoms with van der Waals surface area (Å²) in [7, 11) is 0. The van der Waals surface area contributed by atoms with Crippen LogP contribution in [0, 0.1) is 18.8 Å². The van der Waals surface area contributed by atoms with E-state index < -0.39 is 0 Å². The van der Waals surface area contributed by atoms with Crippen molar-refractivity contribution in [1.82, 2.24) is 14.7 Å². The van der Waals surface area contributed by atoms with Crippen LogP contribution in [0.25, 0.3) is 11.0 Å². The highest BCUT2D eigenvalue weighted by atomic mass is 35.5. The molecule has 6 rings (SSSR count). The zero-order valence-electron chi connectivity index (χ0n) is 24.8. The highest BCUT2D eigenvalue weighted by Crippen LogP contribution is 2.33. The van der Waals surface area contributed by atoms with Crippen molar-refractivity contribution in [2.24, 2.45) is 11.8 Å². The fraction of sp³-hybridized carbons (Fsp3) is 0.485. The monoisotopic (exact) mass is 606 g/mol. The second-order valence-corrected chi connectivity index (χ2v) is 12.6. The quantitative estimate of drug-likeness (QED) is 0.356. The van der Waals surface area contributed by atoms with Crippen molar-refractivity contribution in [2.75, 3.05) is 57.3 Å². The molecule has 2 atom stereocenters. The summed E-state index contributed by atoms with van der Waals surface area (Å²) in [6.45, 7) is 9.41. The topological polar surface area (TPSA) is 86.5 Å². The van der Waals surface area contributed by atoms with Gasteiger partial charge < -0.3 is 23.9 Å². The van der Waals surface area contributed by atoms with Crippen LogP contribution in [-0.4, -0.2) is 91.1 Å². The molecule has 0 aliphatic carbocycles. The number of ether oxygens (including phenoxy) is 1. The Morgan fingerprint density at radius 1 is 0.977 bits per heavy atom. The second kappa shape index (κ2) is 12.6. The fourth-order valence-electron chi connectivity index (χ4n) is 6.70. The standard InChI is InChI=1S/C33H39ClN4O5/c1-22-8-9-27(17-29(22)34)38(33(41)42-28-10-14-36(15-11-28)23(2)39)13-5-12-35-18-25-20-37(21-26(25)19-35)32(40)31-16-24-6-3-4-7-30(24)43-31/h3-4,6-9,16-17,25-26,28H,5,10-15,18-21H2,1-2H3. The molecule has 228 valence electrons. The lowest BCUT2D eigenvalue weighted by molar-refractivity contribution is -0.130. The molecule has 3 aliphatic rings. The highest BCUT2D eigenvalue weighted by molar-refractivity contribution is 6.31. The van der Waals surface area contributed by atoms with Crippen molar-refractivity contribution < 1.29 is 23.5 Å². The van der Waals surface area contributed by atoms with Crippen LogP contribution in [0.1, 0.15) is 42.3 Å². The maximum Gasteiger partial charge on any atom is 0.414 e. The van der Waals surface area contributed by atoms with Gasteiger partial charge in [0.1, 0.15) is 11.7 Å². The van der Waals surface area contributed by atoms with Gasteiger partial charge in [0.25, 0.3) is 5.91 Å². The maximum absolute atomic E-state index is 13.4. The van der Waals surface area contributed by atoms with Crippen molar-refractivity contribution in [3.8, 4) is 0 Å². The van der Waals surface area contributed by atoms with Crippen molar-refractivity contribution in [1.29, 1.82) is 0 Å². The van der Waals surface area contributed by atoms with Gasteiger partial charge in [-0.2, -0.15) is 0 Å². The molecule has 3 saturated heterocycles. The van der Waals surface area contributed by atoms with Crippen LogP contribution in [0.2, 0.25) is 5.02 Å². The number of carbonyl (C=O) groups is 3. The Morgan fingerprint density at radius 3 is 2.37 bits per heavy atom. The van der Waals surface area contributed by atoms with Crippen molar-refractivity contribution in [3.05, 3.63) is 64.9 Å². The van der Waals surface area contributed by atoms with Crippen molar-refractivity contribution in [2.45, 2.75) is 39.2 Å². The van der Waals surface area contributed by atoms with Crippen LogP contribution >= 0.6 is 11.6 Å². The number of likely N-dealkylation sites (tertiary alicyclic amines) is 3. The minimum absolute atomic E-state index is 0.0324. The number of fused-ring (bicyclic) bond motifs is 2. The number of carbonyl (C=O) groups excluding carboxylic acids is 3. The number of rotatable bonds is 7. The first-order valence-electron chi connectivity index (χ1n) is 15.2. The van der Waals surface area contributed by atoms with Crippen LogP contribution < -0.4 is 4.90 Å². The number of nitrogens with zero attached hydrogens (tertiary/aromatic N) is 4. The Bertz CT molecular complexity index is 1450. The molecule has 3 aromatic rings. The zero-order valence-corrected chi connectivity index (χ0v) is 25.6. The third-order valence-electron chi connectivity index (χ3n) is 9.18. The first-order valence-corrected chi connectivity index (χ1v) is 15.6. The summed E-state index contributed by atoms with van der Waals surface area (Å²) in [6.07, 6.45) is 1.47. The van der Waals surface area contributed by atoms with E-state index in [9.17, 15) is 14.4 Å². The lowest BCUT2D eigenvalue weighted by Crippen LogP contribution is -2.43. The van der Waals surface area contributed by atoms with Gasteiger partial charge in [-0.05, 0) is 61.6 Å². The van der Waals surface area contributed by atoms with E-state index in [0.717, 1.165) is 61.4 Å². The van der Waals surface area contributed by atoms with E-state index >= 15 is 0 Å². The van der Waals surface area contributed by atoms with Gasteiger partial charge in [0, 0.05) is 81.7 Å². The van der Waals surface area contributed by atoms with Crippen LogP contribution in [0.5, 0.6) is 0 Å². The lowest BCUT2D eigenvalue weighted by atomic mass is 10.0. The number of para-hydroxylation sites is 1. The van der Waals surface area contributed by atoms with E-state index in [0.29, 0.717) is 55.1 Å². The molecular formula is C33H39ClN4O5. The van der Waals surface area contributed by atoms with Crippen LogP contribution in [-0.2, 0) is 9.53 Å². The molecule has 9 nitrogen and oxygen atoms in total. The predicted molar refractivity (Wildman–Crippen MR) is 165 cm³/mol. The summed E-state index contributed by atoms with van der Waals surface area (Å²) in [6, 6.07) is 15.2. The van der Waals surface area contributed by atoms with E-state index in [-0.39, 0.29) is 24.0 Å². The number of furan rings is 1. The Labute approximate surface area is 257 Å². The zero-order chi connectivity index (χ0) is 30.1. The molecule has 3 amide bonds. The number of piperidine rings is 1. The third-order valence-corrected chi connectivity index (χ3v) is 9.59. The largest absolute Gasteiger partial charge is 0.451 e. The average molecular weight is 607 g/mol. The molecule has 0 spiro atoms. The van der Waals surface area contributed by atoms with Crippen molar-refractivity contribution >= 4 is 46.2 Å². The smallest absolute Gasteiger partial charge is 0.414 e. The van der Waals surface area contributed by atoms with Gasteiger partial charge >= 0.3 is 6.09 Å². The summed E-state index contributed by atoms with van der Waals surface area (Å²) < 4.78 is 11.8. The SMILES string of the molecule is CC(=O)N1CCC(OC(=O)N(CCCN2CC3CN(C(=O)c4cc5ccccc5o4)CC3C2)c2ccc(C)c(Cl)c2)CC1. The highest BCUT2D eigenvalue weighted by Gasteiger charge is 2.42. The summed E-state index contributed by atoms with van der Waals surface area (Å²) in [4.78, 5) is 46.1. The molecule has 10 heteroatoms. The first-order chi connectivity index (χ1) is 20.7. The number of benzene rings is 2. The van der Waals surface area contributed by atoms with Gasteiger partial charge in [0.15, 0.2) is 5.76 Å². The van der Waals surface area contributed by atoms with E-state index in [1.54, 1.807) is 16.7 Å². The number of aryl methyl sites for hydroxylation is 1. The molecular weight excluding hydrogens is 568 g/mol. The Morgan fingerprint density at radius 2 is 1.70 bits per heavy atom. The van der Waals surface area contributed by atoms with E-state index in [4.69, 9.17) is 20.8 Å². The molecule has 0 bridgehead atoms. The minimum atomic E-state index is -0.376. The van der Waals surface area contributed by atoms with Gasteiger partial charge in [-0.15, -0.1) is 0 Å². The van der Waals surface area contributed by atoms with Gasteiger partial charge in [-0.25, -0.2) is 4.79 Å². The molecule has 2 unspecified atom stereocenters. The van der Waals surface area contributed by atoms with Crippen molar-refractivity contribution in [3.63, 3.8) is 0 Å². The molecule has 0 radical (unpaired) electrons. The third kappa shape index (κ3) is 6.53. The number of hydrogen-bond acceptors (Lipinski definition) is 6. The summed E-state index contributed by atoms with van der Waals surface area (Å²) in [5, 5.41) is 1.56. The minimum Gasteiger partial charge on any atom is -0.451 e. The molecule has 1 aromatic heterocycles. The first kappa shape index (κ1) is 29.5. The average Bonchev–Trinajstić information content (AvgIpc) is 3.70. The molecule has 3 fully saturated rings. The van der Waals surface area contributed by atoms with Gasteiger partial charge in [0.2, 0.25) is 5.91 Å². The summed E-state index contributed by atoms with van der Waals surface area (Å²) in [5.41, 5.74) is 2.41. The maximum atomic E-state index is 13.4. The van der Waals surface area contributed by atoms with Gasteiger partial charge in [0.05, 0.1) is 0 Å². The molecule has 2 aromatic carbocycles. The molecule has 0 saturated carbocycles. The number of anilines is 1. The summed E-state index contributed by atoms with van der Waals surface area (Å²) >= 11 is 6.43. The summed E-state index contributed by atoms with van der Waals surface area (Å²) in [5.74, 6) is 1.30. The Kier molecular flexibility index (Phi) is 8.63. The molecule has 4 heterocycles. The Balaban J connectivity index is 1.02. The molecule has 0 N–H and O–H groups in total. The fourth-order valence-corrected chi connectivity index (χ4v) is 6.88. The molecule has 43 heavy (non-hydrogen) atoms. The van der Waals surface area contributed by atoms with Crippen LogP contribution in [0.4, 0.5) is 10.5 Å². The van der Waals surface area contributed by atoms with E-state index in [2.05, 4.69) is 4.90 Å². The Hall–Kier alpha value is -3.56. The van der Waals surface area contributed by atoms with E-state index in [1.165, 1.54) is 0 Å². The molecule has 3 aliphatic heterocycles. The van der Waals surface area contributed by atoms with Crippen LogP contribution in [0.15, 0.2) is 52.9 Å².